The van der Waals surface area contributed by atoms with E-state index in [1.54, 1.807) is 18.2 Å². The Hall–Kier alpha value is -2.25. The van der Waals surface area contributed by atoms with Gasteiger partial charge in [-0.3, -0.25) is 14.9 Å². The second-order valence-electron chi connectivity index (χ2n) is 5.58. The fourth-order valence-corrected chi connectivity index (χ4v) is 2.69. The molecular weight excluding hydrogens is 402 g/mol. The molecule has 0 heterocycles. The molecule has 0 unspecified atom stereocenters. The lowest BCUT2D eigenvalue weighted by atomic mass is 10.1. The van der Waals surface area contributed by atoms with Crippen LogP contribution in [-0.4, -0.2) is 16.9 Å². The molecule has 0 aromatic heterocycles. The molecule has 2 amide bonds. The summed E-state index contributed by atoms with van der Waals surface area (Å²) < 4.78 is 0.859. The molecule has 5 nitrogen and oxygen atoms in total. The van der Waals surface area contributed by atoms with E-state index in [2.05, 4.69) is 31.9 Å². The Labute approximate surface area is 160 Å². The van der Waals surface area contributed by atoms with Gasteiger partial charge in [-0.2, -0.15) is 0 Å². The molecule has 130 valence electrons. The lowest BCUT2D eigenvalue weighted by Crippen LogP contribution is -2.34. The first kappa shape index (κ1) is 19.1. The first-order valence-corrected chi connectivity index (χ1v) is 8.73. The van der Waals surface area contributed by atoms with E-state index in [0.717, 1.165) is 15.6 Å². The zero-order valence-electron chi connectivity index (χ0n) is 14.1. The van der Waals surface area contributed by atoms with Gasteiger partial charge in [-0.25, -0.2) is 0 Å². The molecule has 2 rings (SSSR count). The summed E-state index contributed by atoms with van der Waals surface area (Å²) in [6, 6.07) is 10.8. The number of carbonyl (C=O) groups excluding carboxylic acids is 2. The van der Waals surface area contributed by atoms with Crippen LogP contribution in [0.5, 0.6) is 0 Å². The fraction of sp³-hybridized carbons (Fsp3) is 0.167. The summed E-state index contributed by atoms with van der Waals surface area (Å²) in [6.07, 6.45) is 0. The van der Waals surface area contributed by atoms with Crippen molar-refractivity contribution in [1.82, 2.24) is 5.32 Å². The van der Waals surface area contributed by atoms with Gasteiger partial charge in [0.1, 0.15) is 0 Å². The van der Waals surface area contributed by atoms with Crippen LogP contribution < -0.4 is 16.0 Å². The Balaban J connectivity index is 2.05. The maximum Gasteiger partial charge on any atom is 0.257 e. The minimum Gasteiger partial charge on any atom is -0.332 e. The number of anilines is 2. The zero-order valence-corrected chi connectivity index (χ0v) is 16.5. The third-order valence-corrected chi connectivity index (χ3v) is 4.53. The predicted octanol–water partition coefficient (Wildman–Crippen LogP) is 4.15. The van der Waals surface area contributed by atoms with E-state index < -0.39 is 0 Å². The van der Waals surface area contributed by atoms with Crippen LogP contribution in [0.2, 0.25) is 0 Å². The smallest absolute Gasteiger partial charge is 0.257 e. The minimum absolute atomic E-state index is 0.152. The van der Waals surface area contributed by atoms with Gasteiger partial charge in [0.15, 0.2) is 5.11 Å². The molecule has 25 heavy (non-hydrogen) atoms. The van der Waals surface area contributed by atoms with Crippen molar-refractivity contribution in [2.24, 2.45) is 0 Å². The Kier molecular flexibility index (Phi) is 6.27. The van der Waals surface area contributed by atoms with Gasteiger partial charge in [-0.15, -0.1) is 0 Å². The van der Waals surface area contributed by atoms with Crippen molar-refractivity contribution in [2.75, 3.05) is 10.6 Å². The van der Waals surface area contributed by atoms with E-state index in [4.69, 9.17) is 12.2 Å². The van der Waals surface area contributed by atoms with E-state index in [1.165, 1.54) is 6.92 Å². The van der Waals surface area contributed by atoms with Crippen molar-refractivity contribution in [3.63, 3.8) is 0 Å². The number of hydrogen-bond acceptors (Lipinski definition) is 3. The molecule has 2 aromatic carbocycles. The highest BCUT2D eigenvalue weighted by Gasteiger charge is 2.10. The summed E-state index contributed by atoms with van der Waals surface area (Å²) >= 11 is 8.60. The number of benzene rings is 2. The minimum atomic E-state index is -0.299. The molecule has 0 saturated heterocycles. The van der Waals surface area contributed by atoms with Gasteiger partial charge in [0.05, 0.1) is 0 Å². The van der Waals surface area contributed by atoms with E-state index in [0.29, 0.717) is 16.9 Å². The Morgan fingerprint density at radius 3 is 2.32 bits per heavy atom. The largest absolute Gasteiger partial charge is 0.332 e. The quantitative estimate of drug-likeness (QED) is 0.653. The second kappa shape index (κ2) is 8.22. The molecule has 0 aliphatic heterocycles. The van der Waals surface area contributed by atoms with Crippen molar-refractivity contribution in [3.8, 4) is 0 Å². The third kappa shape index (κ3) is 5.37. The average molecular weight is 420 g/mol. The Bertz CT molecular complexity index is 852. The summed E-state index contributed by atoms with van der Waals surface area (Å²) in [4.78, 5) is 23.5. The fourth-order valence-electron chi connectivity index (χ4n) is 2.10. The molecule has 0 radical (unpaired) electrons. The number of nitrogens with one attached hydrogen (secondary N) is 3. The van der Waals surface area contributed by atoms with Gasteiger partial charge >= 0.3 is 0 Å². The summed E-state index contributed by atoms with van der Waals surface area (Å²) in [7, 11) is 0. The number of hydrogen-bond donors (Lipinski definition) is 3. The molecule has 3 N–H and O–H groups in total. The van der Waals surface area contributed by atoms with Crippen molar-refractivity contribution in [1.29, 1.82) is 0 Å². The number of aryl methyl sites for hydroxylation is 2. The van der Waals surface area contributed by atoms with Crippen molar-refractivity contribution < 1.29 is 9.59 Å². The second-order valence-corrected chi connectivity index (χ2v) is 6.85. The van der Waals surface area contributed by atoms with Crippen LogP contribution in [0.25, 0.3) is 0 Å². The molecule has 0 atom stereocenters. The van der Waals surface area contributed by atoms with E-state index in [9.17, 15) is 9.59 Å². The lowest BCUT2D eigenvalue weighted by Gasteiger charge is -2.13. The van der Waals surface area contributed by atoms with Gasteiger partial charge in [-0.1, -0.05) is 28.1 Å². The standard InChI is InChI=1S/C18H18BrN3O2S/c1-10-4-6-13(8-15(10)19)17(24)22-18(25)21-14-7-5-11(2)16(9-14)20-12(3)23/h4-9H,1-3H3,(H,20,23)(H2,21,22,24,25). The van der Waals surface area contributed by atoms with Crippen molar-refractivity contribution >= 4 is 56.4 Å². The van der Waals surface area contributed by atoms with Gasteiger partial charge in [0.2, 0.25) is 5.91 Å². The number of rotatable bonds is 3. The number of carbonyl (C=O) groups is 2. The maximum atomic E-state index is 12.3. The van der Waals surface area contributed by atoms with Gasteiger partial charge < -0.3 is 10.6 Å². The van der Waals surface area contributed by atoms with Crippen molar-refractivity contribution in [2.45, 2.75) is 20.8 Å². The summed E-state index contributed by atoms with van der Waals surface area (Å²) in [6.45, 7) is 5.29. The summed E-state index contributed by atoms with van der Waals surface area (Å²) in [5.74, 6) is -0.450. The number of amides is 2. The molecule has 7 heteroatoms. The van der Waals surface area contributed by atoms with Crippen LogP contribution in [-0.2, 0) is 4.79 Å². The molecule has 0 aliphatic carbocycles. The van der Waals surface area contributed by atoms with Gasteiger partial charge in [0, 0.05) is 28.3 Å². The van der Waals surface area contributed by atoms with Crippen LogP contribution in [0.15, 0.2) is 40.9 Å². The molecule has 2 aromatic rings. The van der Waals surface area contributed by atoms with Crippen molar-refractivity contribution in [3.05, 3.63) is 57.6 Å². The molecule has 0 aliphatic rings. The lowest BCUT2D eigenvalue weighted by molar-refractivity contribution is -0.114. The first-order chi connectivity index (χ1) is 11.8. The Morgan fingerprint density at radius 2 is 1.68 bits per heavy atom. The highest BCUT2D eigenvalue weighted by molar-refractivity contribution is 9.10. The monoisotopic (exact) mass is 419 g/mol. The van der Waals surface area contributed by atoms with Crippen LogP contribution in [0.4, 0.5) is 11.4 Å². The van der Waals surface area contributed by atoms with Crippen LogP contribution in [0, 0.1) is 13.8 Å². The van der Waals surface area contributed by atoms with Gasteiger partial charge in [0.25, 0.3) is 5.91 Å². The molecule has 0 fully saturated rings. The SMILES string of the molecule is CC(=O)Nc1cc(NC(=S)NC(=O)c2ccc(C)c(Br)c2)ccc1C. The highest BCUT2D eigenvalue weighted by Crippen LogP contribution is 2.20. The molecule has 0 spiro atoms. The number of thiocarbonyl (C=S) groups is 1. The van der Waals surface area contributed by atoms with Crippen LogP contribution >= 0.6 is 28.1 Å². The number of halogens is 1. The molecule has 0 saturated carbocycles. The zero-order chi connectivity index (χ0) is 18.6. The summed E-state index contributed by atoms with van der Waals surface area (Å²) in [5, 5.41) is 8.52. The van der Waals surface area contributed by atoms with Gasteiger partial charge in [-0.05, 0) is 61.5 Å². The van der Waals surface area contributed by atoms with E-state index in [-0.39, 0.29) is 16.9 Å². The Morgan fingerprint density at radius 1 is 1.00 bits per heavy atom. The van der Waals surface area contributed by atoms with E-state index >= 15 is 0 Å². The maximum absolute atomic E-state index is 12.3. The first-order valence-electron chi connectivity index (χ1n) is 7.53. The summed E-state index contributed by atoms with van der Waals surface area (Å²) in [5.41, 5.74) is 3.84. The van der Waals surface area contributed by atoms with E-state index in [1.807, 2.05) is 32.0 Å². The van der Waals surface area contributed by atoms with Crippen LogP contribution in [0.1, 0.15) is 28.4 Å². The topological polar surface area (TPSA) is 70.2 Å². The third-order valence-electron chi connectivity index (χ3n) is 3.47. The normalized spacial score (nSPS) is 10.1. The highest BCUT2D eigenvalue weighted by atomic mass is 79.9. The molecule has 0 bridgehead atoms. The predicted molar refractivity (Wildman–Crippen MR) is 108 cm³/mol. The average Bonchev–Trinajstić information content (AvgIpc) is 2.52. The van der Waals surface area contributed by atoms with Crippen LogP contribution in [0.3, 0.4) is 0 Å². The molecular formula is C18H18BrN3O2S.